The lowest BCUT2D eigenvalue weighted by Crippen LogP contribution is -2.15. The minimum atomic E-state index is -0.436. The van der Waals surface area contributed by atoms with Crippen LogP contribution in [0.5, 0.6) is 0 Å². The predicted octanol–water partition coefficient (Wildman–Crippen LogP) is 4.67. The highest BCUT2D eigenvalue weighted by atomic mass is 32.2. The van der Waals surface area contributed by atoms with Crippen molar-refractivity contribution < 1.29 is 9.18 Å². The van der Waals surface area contributed by atoms with Crippen molar-refractivity contribution >= 4 is 34.3 Å². The van der Waals surface area contributed by atoms with E-state index in [1.54, 1.807) is 18.2 Å². The monoisotopic (exact) mass is 340 g/mol. The van der Waals surface area contributed by atoms with Crippen LogP contribution in [0.25, 0.3) is 10.9 Å². The standard InChI is InChI=1S/C19H17FN2OS/c1-2-13-11-14-7-3-5-9-16(14)22-19(13)24-12-18(23)21-17-10-6-4-8-15(17)20/h3-11H,2,12H2,1H3,(H,21,23). The fraction of sp³-hybridized carbons (Fsp3) is 0.158. The number of halogens is 1. The number of anilines is 1. The third kappa shape index (κ3) is 3.74. The number of pyridine rings is 1. The van der Waals surface area contributed by atoms with Gasteiger partial charge in [-0.1, -0.05) is 49.0 Å². The maximum atomic E-state index is 13.6. The van der Waals surface area contributed by atoms with Crippen LogP contribution in [-0.4, -0.2) is 16.6 Å². The van der Waals surface area contributed by atoms with E-state index in [2.05, 4.69) is 23.3 Å². The molecule has 3 rings (SSSR count). The topological polar surface area (TPSA) is 42.0 Å². The molecule has 0 fully saturated rings. The molecule has 0 aliphatic rings. The molecule has 122 valence electrons. The fourth-order valence-corrected chi connectivity index (χ4v) is 3.29. The third-order valence-corrected chi connectivity index (χ3v) is 4.67. The number of nitrogens with zero attached hydrogens (tertiary/aromatic N) is 1. The lowest BCUT2D eigenvalue weighted by molar-refractivity contribution is -0.113. The number of amides is 1. The van der Waals surface area contributed by atoms with Gasteiger partial charge in [-0.25, -0.2) is 9.37 Å². The maximum Gasteiger partial charge on any atom is 0.234 e. The van der Waals surface area contributed by atoms with Crippen molar-refractivity contribution in [3.63, 3.8) is 0 Å². The Kier molecular flexibility index (Phi) is 5.11. The summed E-state index contributed by atoms with van der Waals surface area (Å²) in [4.78, 5) is 16.7. The smallest absolute Gasteiger partial charge is 0.234 e. The molecule has 0 radical (unpaired) electrons. The van der Waals surface area contributed by atoms with Crippen LogP contribution in [0.4, 0.5) is 10.1 Å². The molecule has 1 heterocycles. The van der Waals surface area contributed by atoms with Crippen molar-refractivity contribution in [1.82, 2.24) is 4.98 Å². The van der Waals surface area contributed by atoms with E-state index in [4.69, 9.17) is 0 Å². The molecule has 0 saturated heterocycles. The highest BCUT2D eigenvalue weighted by Crippen LogP contribution is 2.25. The second-order valence-corrected chi connectivity index (χ2v) is 6.28. The van der Waals surface area contributed by atoms with Crippen LogP contribution in [0, 0.1) is 5.82 Å². The fourth-order valence-electron chi connectivity index (χ4n) is 2.40. The minimum Gasteiger partial charge on any atom is -0.323 e. The van der Waals surface area contributed by atoms with E-state index in [0.29, 0.717) is 0 Å². The lowest BCUT2D eigenvalue weighted by Gasteiger charge is -2.09. The molecule has 1 amide bonds. The van der Waals surface area contributed by atoms with Gasteiger partial charge in [0.25, 0.3) is 0 Å². The number of aryl methyl sites for hydroxylation is 1. The average molecular weight is 340 g/mol. The number of hydrogen-bond acceptors (Lipinski definition) is 3. The summed E-state index contributed by atoms with van der Waals surface area (Å²) in [6, 6.07) is 16.2. The van der Waals surface area contributed by atoms with Gasteiger partial charge in [-0.2, -0.15) is 0 Å². The number of fused-ring (bicyclic) bond motifs is 1. The molecule has 0 spiro atoms. The summed E-state index contributed by atoms with van der Waals surface area (Å²) in [5.74, 6) is -0.497. The van der Waals surface area contributed by atoms with Crippen molar-refractivity contribution in [2.45, 2.75) is 18.4 Å². The van der Waals surface area contributed by atoms with Gasteiger partial charge in [0.1, 0.15) is 10.8 Å². The molecular formula is C19H17FN2OS. The zero-order valence-electron chi connectivity index (χ0n) is 13.3. The van der Waals surface area contributed by atoms with E-state index in [-0.39, 0.29) is 17.3 Å². The zero-order chi connectivity index (χ0) is 16.9. The first-order valence-corrected chi connectivity index (χ1v) is 8.71. The molecular weight excluding hydrogens is 323 g/mol. The Morgan fingerprint density at radius 1 is 1.17 bits per heavy atom. The van der Waals surface area contributed by atoms with Crippen LogP contribution in [0.1, 0.15) is 12.5 Å². The van der Waals surface area contributed by atoms with E-state index in [1.807, 2.05) is 24.3 Å². The number of aromatic nitrogens is 1. The Morgan fingerprint density at radius 3 is 2.71 bits per heavy atom. The third-order valence-electron chi connectivity index (χ3n) is 3.63. The molecule has 0 bridgehead atoms. The molecule has 1 aromatic heterocycles. The minimum absolute atomic E-state index is 0.187. The molecule has 24 heavy (non-hydrogen) atoms. The quantitative estimate of drug-likeness (QED) is 0.687. The first-order valence-electron chi connectivity index (χ1n) is 7.73. The number of hydrogen-bond donors (Lipinski definition) is 1. The van der Waals surface area contributed by atoms with Crippen molar-refractivity contribution in [3.05, 3.63) is 66.0 Å². The molecule has 1 N–H and O–H groups in total. The van der Waals surface area contributed by atoms with Gasteiger partial charge in [-0.05, 0) is 36.2 Å². The van der Waals surface area contributed by atoms with Crippen LogP contribution in [0.3, 0.4) is 0 Å². The van der Waals surface area contributed by atoms with Gasteiger partial charge in [0.2, 0.25) is 5.91 Å². The van der Waals surface area contributed by atoms with Gasteiger partial charge in [0.05, 0.1) is 17.0 Å². The van der Waals surface area contributed by atoms with Gasteiger partial charge >= 0.3 is 0 Å². The summed E-state index contributed by atoms with van der Waals surface area (Å²) in [6.07, 6.45) is 0.842. The Labute approximate surface area is 144 Å². The summed E-state index contributed by atoms with van der Waals surface area (Å²) in [5.41, 5.74) is 2.22. The molecule has 5 heteroatoms. The van der Waals surface area contributed by atoms with Gasteiger partial charge in [-0.3, -0.25) is 4.79 Å². The zero-order valence-corrected chi connectivity index (χ0v) is 14.1. The molecule has 0 aliphatic heterocycles. The van der Waals surface area contributed by atoms with Crippen LogP contribution in [-0.2, 0) is 11.2 Å². The van der Waals surface area contributed by atoms with Gasteiger partial charge in [0.15, 0.2) is 0 Å². The number of benzene rings is 2. The van der Waals surface area contributed by atoms with Crippen LogP contribution in [0.2, 0.25) is 0 Å². The molecule has 0 saturated carbocycles. The van der Waals surface area contributed by atoms with Crippen molar-refractivity contribution in [1.29, 1.82) is 0 Å². The summed E-state index contributed by atoms with van der Waals surface area (Å²) in [7, 11) is 0. The molecule has 3 aromatic rings. The Hall–Kier alpha value is -2.40. The SMILES string of the molecule is CCc1cc2ccccc2nc1SCC(=O)Nc1ccccc1F. The summed E-state index contributed by atoms with van der Waals surface area (Å²) in [6.45, 7) is 2.06. The van der Waals surface area contributed by atoms with E-state index < -0.39 is 5.82 Å². The number of thioether (sulfide) groups is 1. The lowest BCUT2D eigenvalue weighted by atomic mass is 10.1. The number of para-hydroxylation sites is 2. The Balaban J connectivity index is 1.73. The molecule has 3 nitrogen and oxygen atoms in total. The van der Waals surface area contributed by atoms with Crippen molar-refractivity contribution in [2.24, 2.45) is 0 Å². The number of nitrogens with one attached hydrogen (secondary N) is 1. The first-order chi connectivity index (χ1) is 11.7. The van der Waals surface area contributed by atoms with E-state index in [1.165, 1.54) is 17.8 Å². The molecule has 0 aliphatic carbocycles. The van der Waals surface area contributed by atoms with Crippen LogP contribution in [0.15, 0.2) is 59.6 Å². The van der Waals surface area contributed by atoms with Crippen LogP contribution < -0.4 is 5.32 Å². The first kappa shape index (κ1) is 16.5. The predicted molar refractivity (Wildman–Crippen MR) is 96.9 cm³/mol. The van der Waals surface area contributed by atoms with E-state index >= 15 is 0 Å². The highest BCUT2D eigenvalue weighted by molar-refractivity contribution is 8.00. The van der Waals surface area contributed by atoms with Crippen molar-refractivity contribution in [3.8, 4) is 0 Å². The van der Waals surface area contributed by atoms with E-state index in [9.17, 15) is 9.18 Å². The Bertz CT molecular complexity index is 882. The normalized spacial score (nSPS) is 10.8. The molecule has 2 aromatic carbocycles. The van der Waals surface area contributed by atoms with Gasteiger partial charge in [-0.15, -0.1) is 0 Å². The second-order valence-electron chi connectivity index (χ2n) is 5.32. The molecule has 0 atom stereocenters. The van der Waals surface area contributed by atoms with Crippen LogP contribution >= 0.6 is 11.8 Å². The largest absolute Gasteiger partial charge is 0.323 e. The summed E-state index contributed by atoms with van der Waals surface area (Å²) >= 11 is 1.37. The summed E-state index contributed by atoms with van der Waals surface area (Å²) in [5, 5.41) is 4.53. The maximum absolute atomic E-state index is 13.6. The average Bonchev–Trinajstić information content (AvgIpc) is 2.61. The summed E-state index contributed by atoms with van der Waals surface area (Å²) < 4.78 is 13.6. The van der Waals surface area contributed by atoms with E-state index in [0.717, 1.165) is 27.9 Å². The number of rotatable bonds is 5. The number of carbonyl (C=O) groups is 1. The number of carbonyl (C=O) groups excluding carboxylic acids is 1. The van der Waals surface area contributed by atoms with Gasteiger partial charge < -0.3 is 5.32 Å². The highest BCUT2D eigenvalue weighted by Gasteiger charge is 2.11. The molecule has 0 unspecified atom stereocenters. The van der Waals surface area contributed by atoms with Gasteiger partial charge in [0, 0.05) is 5.39 Å². The van der Waals surface area contributed by atoms with Crippen molar-refractivity contribution in [2.75, 3.05) is 11.1 Å². The second kappa shape index (κ2) is 7.45. The Morgan fingerprint density at radius 2 is 1.92 bits per heavy atom.